The van der Waals surface area contributed by atoms with Gasteiger partial charge in [0.1, 0.15) is 0 Å². The number of hydrogen-bond donors (Lipinski definition) is 0. The molecule has 0 N–H and O–H groups in total. The molecule has 0 atom stereocenters. The van der Waals surface area contributed by atoms with Crippen LogP contribution in [0.3, 0.4) is 0 Å². The second kappa shape index (κ2) is 5.47. The summed E-state index contributed by atoms with van der Waals surface area (Å²) in [5, 5.41) is 0.772. The van der Waals surface area contributed by atoms with Crippen molar-refractivity contribution in [1.82, 2.24) is 0 Å². The normalized spacial score (nSPS) is 9.00. The standard InChI is InChI=1S/C7H11BrO2/c1-6(5-8)3-4-10-7(2)9/h1,3-5H2,2H3. The van der Waals surface area contributed by atoms with Crippen molar-refractivity contribution in [2.24, 2.45) is 0 Å². The minimum Gasteiger partial charge on any atom is -0.466 e. The monoisotopic (exact) mass is 206 g/mol. The molecule has 0 heterocycles. The predicted molar refractivity (Wildman–Crippen MR) is 44.2 cm³/mol. The molecule has 0 rings (SSSR count). The molecule has 0 aliphatic rings. The van der Waals surface area contributed by atoms with Gasteiger partial charge < -0.3 is 4.74 Å². The maximum Gasteiger partial charge on any atom is 0.302 e. The highest BCUT2D eigenvalue weighted by Crippen LogP contribution is 2.01. The van der Waals surface area contributed by atoms with Gasteiger partial charge in [-0.1, -0.05) is 28.1 Å². The van der Waals surface area contributed by atoms with Crippen LogP contribution in [-0.2, 0) is 9.53 Å². The van der Waals surface area contributed by atoms with Gasteiger partial charge >= 0.3 is 5.97 Å². The molecule has 0 bridgehead atoms. The van der Waals surface area contributed by atoms with Gasteiger partial charge in [-0.3, -0.25) is 4.79 Å². The number of carbonyl (C=O) groups excluding carboxylic acids is 1. The Balaban J connectivity index is 3.20. The molecule has 0 unspecified atom stereocenters. The van der Waals surface area contributed by atoms with E-state index in [-0.39, 0.29) is 5.97 Å². The third-order valence-corrected chi connectivity index (χ3v) is 1.74. The number of carbonyl (C=O) groups is 1. The molecular weight excluding hydrogens is 196 g/mol. The summed E-state index contributed by atoms with van der Waals surface area (Å²) in [5.41, 5.74) is 1.04. The lowest BCUT2D eigenvalue weighted by atomic mass is 10.3. The fourth-order valence-electron chi connectivity index (χ4n) is 0.406. The first kappa shape index (κ1) is 9.69. The van der Waals surface area contributed by atoms with Crippen LogP contribution >= 0.6 is 15.9 Å². The summed E-state index contributed by atoms with van der Waals surface area (Å²) in [4.78, 5) is 10.2. The second-order valence-electron chi connectivity index (χ2n) is 1.97. The lowest BCUT2D eigenvalue weighted by Gasteiger charge is -2.00. The van der Waals surface area contributed by atoms with Gasteiger partial charge in [0.05, 0.1) is 6.61 Å². The van der Waals surface area contributed by atoms with Gasteiger partial charge in [0.2, 0.25) is 0 Å². The smallest absolute Gasteiger partial charge is 0.302 e. The number of halogens is 1. The van der Waals surface area contributed by atoms with E-state index in [9.17, 15) is 4.79 Å². The van der Waals surface area contributed by atoms with Crippen LogP contribution in [-0.4, -0.2) is 17.9 Å². The fraction of sp³-hybridized carbons (Fsp3) is 0.571. The SMILES string of the molecule is C=C(CBr)CCOC(C)=O. The van der Waals surface area contributed by atoms with Crippen LogP contribution in [0.1, 0.15) is 13.3 Å². The number of alkyl halides is 1. The number of ether oxygens (including phenoxy) is 1. The maximum atomic E-state index is 10.2. The van der Waals surface area contributed by atoms with E-state index in [2.05, 4.69) is 22.5 Å². The Morgan fingerprint density at radius 2 is 2.30 bits per heavy atom. The van der Waals surface area contributed by atoms with E-state index >= 15 is 0 Å². The Morgan fingerprint density at radius 3 is 2.70 bits per heavy atom. The molecular formula is C7H11BrO2. The zero-order valence-electron chi connectivity index (χ0n) is 6.02. The van der Waals surface area contributed by atoms with Gasteiger partial charge in [-0.25, -0.2) is 0 Å². The molecule has 0 aromatic heterocycles. The largest absolute Gasteiger partial charge is 0.466 e. The van der Waals surface area contributed by atoms with Crippen molar-refractivity contribution in [2.45, 2.75) is 13.3 Å². The summed E-state index contributed by atoms with van der Waals surface area (Å²) in [5.74, 6) is -0.234. The Bertz CT molecular complexity index is 132. The van der Waals surface area contributed by atoms with Crippen molar-refractivity contribution in [3.8, 4) is 0 Å². The van der Waals surface area contributed by atoms with E-state index in [0.29, 0.717) is 6.61 Å². The molecule has 0 aliphatic carbocycles. The first-order valence-electron chi connectivity index (χ1n) is 3.02. The maximum absolute atomic E-state index is 10.2. The second-order valence-corrected chi connectivity index (χ2v) is 2.53. The summed E-state index contributed by atoms with van der Waals surface area (Å²) in [6.07, 6.45) is 0.741. The van der Waals surface area contributed by atoms with E-state index in [0.717, 1.165) is 17.3 Å². The van der Waals surface area contributed by atoms with Gasteiger partial charge in [0.15, 0.2) is 0 Å². The summed E-state index contributed by atoms with van der Waals surface area (Å²) in [7, 11) is 0. The van der Waals surface area contributed by atoms with Crippen molar-refractivity contribution < 1.29 is 9.53 Å². The lowest BCUT2D eigenvalue weighted by molar-refractivity contribution is -0.140. The Labute approximate surface area is 69.4 Å². The van der Waals surface area contributed by atoms with Crippen LogP contribution < -0.4 is 0 Å². The van der Waals surface area contributed by atoms with Crippen LogP contribution in [0.15, 0.2) is 12.2 Å². The highest BCUT2D eigenvalue weighted by atomic mass is 79.9. The fourth-order valence-corrected chi connectivity index (χ4v) is 0.686. The molecule has 0 aromatic rings. The molecule has 0 spiro atoms. The number of esters is 1. The molecule has 0 aliphatic heterocycles. The van der Waals surface area contributed by atoms with Crippen LogP contribution in [0.25, 0.3) is 0 Å². The van der Waals surface area contributed by atoms with Crippen LogP contribution in [0.2, 0.25) is 0 Å². The summed E-state index contributed by atoms with van der Waals surface area (Å²) in [6.45, 7) is 5.58. The zero-order chi connectivity index (χ0) is 7.98. The van der Waals surface area contributed by atoms with Gasteiger partial charge in [-0.15, -0.1) is 0 Å². The molecule has 0 aromatic carbocycles. The molecule has 2 nitrogen and oxygen atoms in total. The van der Waals surface area contributed by atoms with E-state index in [1.54, 1.807) is 0 Å². The molecule has 58 valence electrons. The Hall–Kier alpha value is -0.310. The zero-order valence-corrected chi connectivity index (χ0v) is 7.61. The Morgan fingerprint density at radius 1 is 1.70 bits per heavy atom. The van der Waals surface area contributed by atoms with Crippen molar-refractivity contribution in [3.05, 3.63) is 12.2 Å². The molecule has 0 saturated heterocycles. The van der Waals surface area contributed by atoms with Crippen molar-refractivity contribution >= 4 is 21.9 Å². The topological polar surface area (TPSA) is 26.3 Å². The molecule has 0 amide bonds. The van der Waals surface area contributed by atoms with Gasteiger partial charge in [0, 0.05) is 18.7 Å². The summed E-state index contributed by atoms with van der Waals surface area (Å²) < 4.78 is 4.69. The predicted octanol–water partition coefficient (Wildman–Crippen LogP) is 1.89. The minimum absolute atomic E-state index is 0.234. The molecule has 10 heavy (non-hydrogen) atoms. The van der Waals surface area contributed by atoms with Gasteiger partial charge in [-0.05, 0) is 0 Å². The van der Waals surface area contributed by atoms with Gasteiger partial charge in [0.25, 0.3) is 0 Å². The van der Waals surface area contributed by atoms with Crippen molar-refractivity contribution in [1.29, 1.82) is 0 Å². The lowest BCUT2D eigenvalue weighted by Crippen LogP contribution is -2.01. The quantitative estimate of drug-likeness (QED) is 0.399. The Kier molecular flexibility index (Phi) is 5.30. The molecule has 0 saturated carbocycles. The highest BCUT2D eigenvalue weighted by molar-refractivity contribution is 9.09. The average molecular weight is 207 g/mol. The highest BCUT2D eigenvalue weighted by Gasteiger charge is 1.94. The van der Waals surface area contributed by atoms with Crippen LogP contribution in [0, 0.1) is 0 Å². The van der Waals surface area contributed by atoms with Crippen LogP contribution in [0.5, 0.6) is 0 Å². The van der Waals surface area contributed by atoms with E-state index < -0.39 is 0 Å². The molecule has 3 heteroatoms. The minimum atomic E-state index is -0.234. The van der Waals surface area contributed by atoms with E-state index in [1.807, 2.05) is 0 Å². The average Bonchev–Trinajstić information content (AvgIpc) is 1.87. The van der Waals surface area contributed by atoms with Gasteiger partial charge in [-0.2, -0.15) is 0 Å². The first-order chi connectivity index (χ1) is 4.66. The first-order valence-corrected chi connectivity index (χ1v) is 4.15. The van der Waals surface area contributed by atoms with Crippen LogP contribution in [0.4, 0.5) is 0 Å². The van der Waals surface area contributed by atoms with E-state index in [4.69, 9.17) is 4.74 Å². The number of rotatable bonds is 4. The summed E-state index contributed by atoms with van der Waals surface area (Å²) >= 11 is 3.24. The molecule has 0 fully saturated rings. The third kappa shape index (κ3) is 5.82. The molecule has 0 radical (unpaired) electrons. The van der Waals surface area contributed by atoms with E-state index in [1.165, 1.54) is 6.92 Å². The van der Waals surface area contributed by atoms with Crippen molar-refractivity contribution in [2.75, 3.05) is 11.9 Å². The van der Waals surface area contributed by atoms with Crippen molar-refractivity contribution in [3.63, 3.8) is 0 Å². The summed E-state index contributed by atoms with van der Waals surface area (Å²) in [6, 6.07) is 0. The third-order valence-electron chi connectivity index (χ3n) is 0.950. The number of hydrogen-bond acceptors (Lipinski definition) is 2.